The summed E-state index contributed by atoms with van der Waals surface area (Å²) in [5, 5.41) is 0. The van der Waals surface area contributed by atoms with E-state index >= 15 is 0 Å². The maximum absolute atomic E-state index is 5.50. The second kappa shape index (κ2) is 4.78. The van der Waals surface area contributed by atoms with Crippen LogP contribution in [-0.2, 0) is 0 Å². The third-order valence-electron chi connectivity index (χ3n) is 1.35. The van der Waals surface area contributed by atoms with Crippen LogP contribution in [0.4, 0.5) is 0 Å². The summed E-state index contributed by atoms with van der Waals surface area (Å²) in [5.41, 5.74) is 1.07. The summed E-state index contributed by atoms with van der Waals surface area (Å²) < 4.78 is 0. The summed E-state index contributed by atoms with van der Waals surface area (Å²) in [7, 11) is 5.50. The molecule has 0 fully saturated rings. The molecule has 0 N–H and O–H groups in total. The molecule has 0 nitrogen and oxygen atoms in total. The molecule has 0 aliphatic heterocycles. The zero-order valence-corrected chi connectivity index (χ0v) is 6.78. The Morgan fingerprint density at radius 3 is 2.33 bits per heavy atom. The molecule has 9 heavy (non-hydrogen) atoms. The molecule has 0 aliphatic carbocycles. The predicted molar refractivity (Wildman–Crippen MR) is 45.1 cm³/mol. The zero-order valence-electron chi connectivity index (χ0n) is 6.78. The summed E-state index contributed by atoms with van der Waals surface area (Å²) >= 11 is 0. The van der Waals surface area contributed by atoms with Crippen molar-refractivity contribution < 1.29 is 0 Å². The van der Waals surface area contributed by atoms with Crippen molar-refractivity contribution in [2.45, 2.75) is 40.0 Å². The standard InChI is InChI=1S/C8H16B/c1-7(2)5-4-6-8(3)9/h7H,4-6H2,1-3H3. The Hall–Kier alpha value is -0.0651. The number of rotatable bonds is 4. The van der Waals surface area contributed by atoms with Crippen LogP contribution < -0.4 is 0 Å². The van der Waals surface area contributed by atoms with Crippen LogP contribution in [0.1, 0.15) is 40.0 Å². The van der Waals surface area contributed by atoms with Gasteiger partial charge in [-0.1, -0.05) is 0 Å². The van der Waals surface area contributed by atoms with Crippen molar-refractivity contribution in [1.29, 1.82) is 0 Å². The monoisotopic (exact) mass is 123 g/mol. The Kier molecular flexibility index (Phi) is 4.75. The van der Waals surface area contributed by atoms with Gasteiger partial charge in [-0.3, -0.25) is 0 Å². The molecule has 0 aromatic heterocycles. The van der Waals surface area contributed by atoms with E-state index in [0.717, 1.165) is 17.8 Å². The molecule has 0 atom stereocenters. The third-order valence-corrected chi connectivity index (χ3v) is 1.35. The quantitative estimate of drug-likeness (QED) is 0.502. The molecule has 0 aromatic carbocycles. The van der Waals surface area contributed by atoms with E-state index in [4.69, 9.17) is 7.49 Å². The first-order valence-corrected chi connectivity index (χ1v) is 3.71. The Morgan fingerprint density at radius 1 is 1.44 bits per heavy atom. The summed E-state index contributed by atoms with van der Waals surface area (Å²) in [6.45, 7) is 6.47. The van der Waals surface area contributed by atoms with Gasteiger partial charge < -0.3 is 0 Å². The Bertz CT molecular complexity index is 84.6. The summed E-state index contributed by atoms with van der Waals surface area (Å²) in [6, 6.07) is 0. The van der Waals surface area contributed by atoms with Gasteiger partial charge in [0.1, 0.15) is 0 Å². The van der Waals surface area contributed by atoms with E-state index in [9.17, 15) is 0 Å². The summed E-state index contributed by atoms with van der Waals surface area (Å²) in [4.78, 5) is 0. The van der Waals surface area contributed by atoms with Crippen LogP contribution in [0.3, 0.4) is 0 Å². The fraction of sp³-hybridized carbons (Fsp3) is 0.875. The normalized spacial score (nSPS) is 10.1. The van der Waals surface area contributed by atoms with Crippen molar-refractivity contribution in [3.8, 4) is 0 Å². The average Bonchev–Trinajstić information content (AvgIpc) is 1.63. The minimum absolute atomic E-state index is 0.823. The fourth-order valence-corrected chi connectivity index (χ4v) is 0.789. The SMILES string of the molecule is [B]=C(C)CCCC(C)C. The number of hydrogen-bond donors (Lipinski definition) is 0. The van der Waals surface area contributed by atoms with Gasteiger partial charge in [-0.2, -0.15) is 0 Å². The first-order valence-electron chi connectivity index (χ1n) is 3.71. The second-order valence-corrected chi connectivity index (χ2v) is 3.13. The van der Waals surface area contributed by atoms with Gasteiger partial charge in [0.25, 0.3) is 0 Å². The van der Waals surface area contributed by atoms with Crippen LogP contribution >= 0.6 is 0 Å². The molecule has 0 rings (SSSR count). The van der Waals surface area contributed by atoms with E-state index in [1.54, 1.807) is 0 Å². The first kappa shape index (κ1) is 8.93. The average molecular weight is 123 g/mol. The molecule has 0 amide bonds. The van der Waals surface area contributed by atoms with E-state index in [-0.39, 0.29) is 0 Å². The topological polar surface area (TPSA) is 0 Å². The van der Waals surface area contributed by atoms with Crippen molar-refractivity contribution in [1.82, 2.24) is 0 Å². The zero-order chi connectivity index (χ0) is 7.28. The van der Waals surface area contributed by atoms with Crippen LogP contribution in [0.25, 0.3) is 0 Å². The molecule has 0 bridgehead atoms. The molecular formula is C8H16B. The minimum atomic E-state index is 0.823. The molecule has 0 spiro atoms. The van der Waals surface area contributed by atoms with Crippen molar-refractivity contribution in [3.63, 3.8) is 0 Å². The van der Waals surface area contributed by atoms with Gasteiger partial charge in [-0.25, -0.2) is 0 Å². The third kappa shape index (κ3) is 7.93. The fourth-order valence-electron chi connectivity index (χ4n) is 0.789. The van der Waals surface area contributed by atoms with Gasteiger partial charge in [0, 0.05) is 0 Å². The Balaban J connectivity index is 3.01. The van der Waals surface area contributed by atoms with Crippen LogP contribution in [0.2, 0.25) is 0 Å². The maximum atomic E-state index is 5.50. The molecule has 0 heterocycles. The first-order chi connectivity index (χ1) is 4.13. The molecule has 0 aliphatic rings. The predicted octanol–water partition coefficient (Wildman–Crippen LogP) is 2.17. The Labute approximate surface area is 59.7 Å². The van der Waals surface area contributed by atoms with Gasteiger partial charge >= 0.3 is 58.9 Å². The van der Waals surface area contributed by atoms with Crippen molar-refractivity contribution >= 4 is 13.0 Å². The second-order valence-electron chi connectivity index (χ2n) is 3.13. The van der Waals surface area contributed by atoms with Crippen molar-refractivity contribution in [3.05, 3.63) is 0 Å². The van der Waals surface area contributed by atoms with Gasteiger partial charge in [0.2, 0.25) is 0 Å². The van der Waals surface area contributed by atoms with Crippen LogP contribution in [0, 0.1) is 5.92 Å². The van der Waals surface area contributed by atoms with Crippen LogP contribution in [0.15, 0.2) is 0 Å². The molecule has 51 valence electrons. The van der Waals surface area contributed by atoms with Crippen molar-refractivity contribution in [2.75, 3.05) is 0 Å². The van der Waals surface area contributed by atoms with Gasteiger partial charge in [0.05, 0.1) is 0 Å². The van der Waals surface area contributed by atoms with Gasteiger partial charge in [-0.05, 0) is 0 Å². The van der Waals surface area contributed by atoms with E-state index in [2.05, 4.69) is 13.8 Å². The summed E-state index contributed by atoms with van der Waals surface area (Å²) in [6.07, 6.45) is 3.65. The van der Waals surface area contributed by atoms with Crippen LogP contribution in [-0.4, -0.2) is 13.0 Å². The van der Waals surface area contributed by atoms with E-state index in [1.807, 2.05) is 6.92 Å². The van der Waals surface area contributed by atoms with E-state index in [0.29, 0.717) is 0 Å². The van der Waals surface area contributed by atoms with Gasteiger partial charge in [0.15, 0.2) is 0 Å². The van der Waals surface area contributed by atoms with E-state index < -0.39 is 0 Å². The molecular weight excluding hydrogens is 107 g/mol. The Morgan fingerprint density at radius 2 is 2.00 bits per heavy atom. The molecule has 0 aromatic rings. The summed E-state index contributed by atoms with van der Waals surface area (Å²) in [5.74, 6) is 0.823. The molecule has 1 heteroatoms. The van der Waals surface area contributed by atoms with Crippen LogP contribution in [0.5, 0.6) is 0 Å². The molecule has 0 saturated heterocycles. The molecule has 1 radical (unpaired) electrons. The molecule has 0 saturated carbocycles. The molecule has 0 unspecified atom stereocenters. The van der Waals surface area contributed by atoms with Crippen molar-refractivity contribution in [2.24, 2.45) is 5.92 Å². The van der Waals surface area contributed by atoms with E-state index in [1.165, 1.54) is 12.8 Å². The number of hydrogen-bond acceptors (Lipinski definition) is 0. The van der Waals surface area contributed by atoms with Gasteiger partial charge in [-0.15, -0.1) is 0 Å².